The van der Waals surface area contributed by atoms with Crippen molar-refractivity contribution >= 4 is 17.7 Å². The Bertz CT molecular complexity index is 881. The van der Waals surface area contributed by atoms with Crippen LogP contribution in [0.25, 0.3) is 0 Å². The lowest BCUT2D eigenvalue weighted by Crippen LogP contribution is -2.53. The summed E-state index contributed by atoms with van der Waals surface area (Å²) in [7, 11) is 0. The van der Waals surface area contributed by atoms with Crippen molar-refractivity contribution in [2.24, 2.45) is 11.8 Å². The summed E-state index contributed by atoms with van der Waals surface area (Å²) < 4.78 is 38.2. The van der Waals surface area contributed by atoms with Crippen LogP contribution in [0.3, 0.4) is 0 Å². The van der Waals surface area contributed by atoms with E-state index in [9.17, 15) is 27.6 Å². The van der Waals surface area contributed by atoms with E-state index in [1.165, 1.54) is 25.0 Å². The molecule has 1 aromatic rings. The van der Waals surface area contributed by atoms with Crippen LogP contribution in [0, 0.1) is 11.8 Å². The normalized spacial score (nSPS) is 20.6. The molecule has 3 aliphatic rings. The minimum absolute atomic E-state index is 0.0736. The Labute approximate surface area is 198 Å². The molecule has 6 nitrogen and oxygen atoms in total. The van der Waals surface area contributed by atoms with Crippen molar-refractivity contribution < 1.29 is 27.6 Å². The number of rotatable bonds is 4. The summed E-state index contributed by atoms with van der Waals surface area (Å²) in [5.41, 5.74) is -0.565. The molecular formula is C25H32F3N3O3. The summed E-state index contributed by atoms with van der Waals surface area (Å²) in [4.78, 5) is 43.5. The molecule has 1 aliphatic carbocycles. The molecule has 4 rings (SSSR count). The summed E-state index contributed by atoms with van der Waals surface area (Å²) in [5.74, 6) is 0.313. The number of hydrogen-bond acceptors (Lipinski definition) is 3. The summed E-state index contributed by atoms with van der Waals surface area (Å²) in [5, 5.41) is 0. The van der Waals surface area contributed by atoms with E-state index in [-0.39, 0.29) is 29.2 Å². The van der Waals surface area contributed by atoms with Crippen molar-refractivity contribution in [3.8, 4) is 0 Å². The van der Waals surface area contributed by atoms with Crippen molar-refractivity contribution in [3.05, 3.63) is 35.4 Å². The first-order valence-electron chi connectivity index (χ1n) is 12.3. The Kier molecular flexibility index (Phi) is 7.48. The zero-order valence-corrected chi connectivity index (χ0v) is 19.4. The zero-order valence-electron chi connectivity index (χ0n) is 19.4. The summed E-state index contributed by atoms with van der Waals surface area (Å²) in [6.45, 7) is 3.02. The van der Waals surface area contributed by atoms with E-state index >= 15 is 0 Å². The Morgan fingerprint density at radius 3 is 1.88 bits per heavy atom. The molecule has 9 heteroatoms. The molecule has 0 radical (unpaired) electrons. The van der Waals surface area contributed by atoms with Crippen molar-refractivity contribution in [1.29, 1.82) is 0 Å². The first-order valence-corrected chi connectivity index (χ1v) is 12.3. The maximum absolute atomic E-state index is 13.0. The minimum Gasteiger partial charge on any atom is -0.339 e. The van der Waals surface area contributed by atoms with Gasteiger partial charge in [0.1, 0.15) is 0 Å². The van der Waals surface area contributed by atoms with Crippen LogP contribution in [0.5, 0.6) is 0 Å². The fourth-order valence-electron chi connectivity index (χ4n) is 5.34. The molecule has 34 heavy (non-hydrogen) atoms. The van der Waals surface area contributed by atoms with Crippen LogP contribution in [0.2, 0.25) is 0 Å². The second-order valence-electron chi connectivity index (χ2n) is 9.70. The van der Waals surface area contributed by atoms with E-state index in [1.807, 2.05) is 9.80 Å². The quantitative estimate of drug-likeness (QED) is 0.660. The molecule has 0 bridgehead atoms. The molecule has 0 atom stereocenters. The van der Waals surface area contributed by atoms with Gasteiger partial charge in [0.25, 0.3) is 5.91 Å². The lowest BCUT2D eigenvalue weighted by Gasteiger charge is -2.39. The molecule has 0 spiro atoms. The predicted octanol–water partition coefficient (Wildman–Crippen LogP) is 3.81. The van der Waals surface area contributed by atoms with Crippen LogP contribution < -0.4 is 0 Å². The molecule has 1 saturated carbocycles. The SMILES string of the molecule is O=C(CC1CCCC1)N1CCN(C(=O)C2CCN(C(=O)c3ccc(C(F)(F)F)cc3)CC2)CC1. The highest BCUT2D eigenvalue weighted by molar-refractivity contribution is 5.94. The van der Waals surface area contributed by atoms with Gasteiger partial charge in [-0.25, -0.2) is 0 Å². The van der Waals surface area contributed by atoms with E-state index in [0.717, 1.165) is 25.0 Å². The standard InChI is InChI=1S/C25H32F3N3O3/c26-25(27,28)21-7-5-19(6-8-21)23(33)30-11-9-20(10-12-30)24(34)31-15-13-29(14-16-31)22(32)17-18-3-1-2-4-18/h5-8,18,20H,1-4,9-17H2. The lowest BCUT2D eigenvalue weighted by molar-refractivity contribution is -0.143. The van der Waals surface area contributed by atoms with Gasteiger partial charge in [0.15, 0.2) is 0 Å². The Hall–Kier alpha value is -2.58. The summed E-state index contributed by atoms with van der Waals surface area (Å²) in [6.07, 6.45) is 1.98. The Morgan fingerprint density at radius 2 is 1.32 bits per heavy atom. The van der Waals surface area contributed by atoms with Crippen LogP contribution in [0.4, 0.5) is 13.2 Å². The monoisotopic (exact) mass is 479 g/mol. The number of alkyl halides is 3. The van der Waals surface area contributed by atoms with Gasteiger partial charge < -0.3 is 14.7 Å². The topological polar surface area (TPSA) is 60.9 Å². The molecule has 2 saturated heterocycles. The summed E-state index contributed by atoms with van der Waals surface area (Å²) in [6, 6.07) is 4.25. The van der Waals surface area contributed by atoms with Gasteiger partial charge in [-0.2, -0.15) is 13.2 Å². The van der Waals surface area contributed by atoms with Gasteiger partial charge in [0.2, 0.25) is 11.8 Å². The van der Waals surface area contributed by atoms with Gasteiger partial charge in [0, 0.05) is 57.2 Å². The van der Waals surface area contributed by atoms with Gasteiger partial charge in [-0.3, -0.25) is 14.4 Å². The maximum Gasteiger partial charge on any atom is 0.416 e. The third-order valence-electron chi connectivity index (χ3n) is 7.47. The second kappa shape index (κ2) is 10.4. The number of piperazine rings is 1. The van der Waals surface area contributed by atoms with E-state index in [0.29, 0.717) is 64.4 Å². The number of amides is 3. The van der Waals surface area contributed by atoms with Gasteiger partial charge in [0.05, 0.1) is 5.56 Å². The van der Waals surface area contributed by atoms with Crippen LogP contribution in [-0.4, -0.2) is 71.7 Å². The average Bonchev–Trinajstić information content (AvgIpc) is 3.36. The molecule has 0 aromatic heterocycles. The molecule has 2 aliphatic heterocycles. The number of hydrogen-bond donors (Lipinski definition) is 0. The number of halogens is 3. The zero-order chi connectivity index (χ0) is 24.3. The number of nitrogens with zero attached hydrogens (tertiary/aromatic N) is 3. The van der Waals surface area contributed by atoms with Crippen molar-refractivity contribution in [2.45, 2.75) is 51.1 Å². The molecule has 3 fully saturated rings. The molecular weight excluding hydrogens is 447 g/mol. The van der Waals surface area contributed by atoms with E-state index in [2.05, 4.69) is 0 Å². The second-order valence-corrected chi connectivity index (χ2v) is 9.70. The molecule has 186 valence electrons. The minimum atomic E-state index is -4.44. The fourth-order valence-corrected chi connectivity index (χ4v) is 5.34. The summed E-state index contributed by atoms with van der Waals surface area (Å²) >= 11 is 0. The van der Waals surface area contributed by atoms with Crippen LogP contribution in [0.15, 0.2) is 24.3 Å². The number of likely N-dealkylation sites (tertiary alicyclic amines) is 1. The average molecular weight is 480 g/mol. The van der Waals surface area contributed by atoms with Gasteiger partial charge in [-0.05, 0) is 55.9 Å². The van der Waals surface area contributed by atoms with E-state index in [4.69, 9.17) is 0 Å². The van der Waals surface area contributed by atoms with Gasteiger partial charge >= 0.3 is 6.18 Å². The molecule has 3 amide bonds. The highest BCUT2D eigenvalue weighted by Gasteiger charge is 2.34. The maximum atomic E-state index is 13.0. The molecule has 0 unspecified atom stereocenters. The first-order chi connectivity index (χ1) is 16.2. The number of benzene rings is 1. The Morgan fingerprint density at radius 1 is 0.765 bits per heavy atom. The van der Waals surface area contributed by atoms with Crippen LogP contribution in [-0.2, 0) is 15.8 Å². The third-order valence-corrected chi connectivity index (χ3v) is 7.47. The van der Waals surface area contributed by atoms with Crippen molar-refractivity contribution in [2.75, 3.05) is 39.3 Å². The smallest absolute Gasteiger partial charge is 0.339 e. The third kappa shape index (κ3) is 5.73. The first kappa shape index (κ1) is 24.5. The molecule has 0 N–H and O–H groups in total. The molecule has 2 heterocycles. The largest absolute Gasteiger partial charge is 0.416 e. The van der Waals surface area contributed by atoms with E-state index < -0.39 is 11.7 Å². The predicted molar refractivity (Wildman–Crippen MR) is 120 cm³/mol. The van der Waals surface area contributed by atoms with Crippen LogP contribution in [0.1, 0.15) is 60.9 Å². The molecule has 1 aromatic carbocycles. The lowest BCUT2D eigenvalue weighted by atomic mass is 9.94. The van der Waals surface area contributed by atoms with Gasteiger partial charge in [-0.15, -0.1) is 0 Å². The van der Waals surface area contributed by atoms with Crippen molar-refractivity contribution in [3.63, 3.8) is 0 Å². The van der Waals surface area contributed by atoms with Crippen LogP contribution >= 0.6 is 0 Å². The van der Waals surface area contributed by atoms with E-state index in [1.54, 1.807) is 4.90 Å². The number of carbonyl (C=O) groups is 3. The fraction of sp³-hybridized carbons (Fsp3) is 0.640. The number of carbonyl (C=O) groups excluding carboxylic acids is 3. The highest BCUT2D eigenvalue weighted by atomic mass is 19.4. The number of piperidine rings is 1. The van der Waals surface area contributed by atoms with Crippen molar-refractivity contribution in [1.82, 2.24) is 14.7 Å². The Balaban J connectivity index is 1.22. The van der Waals surface area contributed by atoms with Gasteiger partial charge in [-0.1, -0.05) is 12.8 Å². The highest BCUT2D eigenvalue weighted by Crippen LogP contribution is 2.30.